The molecule has 0 rings (SSSR count). The molecule has 1 amide bonds. The average Bonchev–Trinajstić information content (AvgIpc) is 2.02. The summed E-state index contributed by atoms with van der Waals surface area (Å²) in [5, 5.41) is 0. The second kappa shape index (κ2) is 5.93. The molecule has 0 saturated carbocycles. The van der Waals surface area contributed by atoms with Crippen molar-refractivity contribution in [2.75, 3.05) is 6.54 Å². The number of hydrogen-bond donors (Lipinski definition) is 2. The van der Waals surface area contributed by atoms with Crippen LogP contribution in [0.15, 0.2) is 0 Å². The van der Waals surface area contributed by atoms with Gasteiger partial charge in [-0.25, -0.2) is 0 Å². The summed E-state index contributed by atoms with van der Waals surface area (Å²) in [7, 11) is 0. The molecule has 0 bridgehead atoms. The van der Waals surface area contributed by atoms with Crippen LogP contribution in [0.4, 0.5) is 0 Å². The van der Waals surface area contributed by atoms with Gasteiger partial charge in [0, 0.05) is 19.0 Å². The van der Waals surface area contributed by atoms with Crippen LogP contribution in [0.2, 0.25) is 0 Å². The lowest BCUT2D eigenvalue weighted by atomic mass is 10.2. The maximum atomic E-state index is 11.0. The molecule has 4 nitrogen and oxygen atoms in total. The van der Waals surface area contributed by atoms with Gasteiger partial charge in [0.25, 0.3) is 0 Å². The number of nitrogens with zero attached hydrogens (tertiary/aromatic N) is 1. The molecule has 0 aromatic carbocycles. The Labute approximate surface area is 90.6 Å². The van der Waals surface area contributed by atoms with Gasteiger partial charge in [0.1, 0.15) is 0 Å². The van der Waals surface area contributed by atoms with Crippen LogP contribution in [0.3, 0.4) is 0 Å². The summed E-state index contributed by atoms with van der Waals surface area (Å²) in [5.74, 6) is -0.318. The van der Waals surface area contributed by atoms with E-state index in [9.17, 15) is 4.79 Å². The summed E-state index contributed by atoms with van der Waals surface area (Å²) in [4.78, 5) is 13.5. The van der Waals surface area contributed by atoms with Gasteiger partial charge >= 0.3 is 0 Å². The first-order valence-corrected chi connectivity index (χ1v) is 5.10. The van der Waals surface area contributed by atoms with Gasteiger partial charge in [0.15, 0.2) is 0 Å². The maximum Gasteiger partial charge on any atom is 0.234 e. The van der Waals surface area contributed by atoms with E-state index in [-0.39, 0.29) is 18.0 Å². The number of carbonyl (C=O) groups is 1. The fourth-order valence-electron chi connectivity index (χ4n) is 1.30. The van der Waals surface area contributed by atoms with Crippen molar-refractivity contribution < 1.29 is 4.79 Å². The van der Waals surface area contributed by atoms with Crippen LogP contribution in [0, 0.1) is 0 Å². The summed E-state index contributed by atoms with van der Waals surface area (Å²) in [6.07, 6.45) is 0.616. The molecule has 0 aromatic heterocycles. The third-order valence-electron chi connectivity index (χ3n) is 2.19. The van der Waals surface area contributed by atoms with Gasteiger partial charge in [-0.05, 0) is 20.8 Å². The highest BCUT2D eigenvalue weighted by Crippen LogP contribution is 2.06. The van der Waals surface area contributed by atoms with E-state index in [0.29, 0.717) is 18.0 Å². The standard InChI is InChI=1S/C9H19N3OS/c1-6(2)12(5-4-8(10)14)7(3)9(11)13/h6-7H,4-5H2,1-3H3,(H2,10,14)(H2,11,13). The normalized spacial score (nSPS) is 13.2. The van der Waals surface area contributed by atoms with Crippen molar-refractivity contribution in [1.29, 1.82) is 0 Å². The third kappa shape index (κ3) is 4.53. The van der Waals surface area contributed by atoms with Crippen LogP contribution < -0.4 is 11.5 Å². The average molecular weight is 217 g/mol. The molecule has 82 valence electrons. The van der Waals surface area contributed by atoms with E-state index in [1.165, 1.54) is 0 Å². The Morgan fingerprint density at radius 3 is 2.14 bits per heavy atom. The van der Waals surface area contributed by atoms with E-state index in [4.69, 9.17) is 23.7 Å². The zero-order valence-electron chi connectivity index (χ0n) is 8.99. The Kier molecular flexibility index (Phi) is 5.64. The first-order valence-electron chi connectivity index (χ1n) is 4.69. The molecule has 0 saturated heterocycles. The molecule has 1 atom stereocenters. The molecule has 0 aliphatic heterocycles. The van der Waals surface area contributed by atoms with Crippen molar-refractivity contribution in [3.63, 3.8) is 0 Å². The molecule has 0 radical (unpaired) electrons. The maximum absolute atomic E-state index is 11.0. The van der Waals surface area contributed by atoms with Crippen LogP contribution in [-0.4, -0.2) is 34.4 Å². The second-order valence-electron chi connectivity index (χ2n) is 3.63. The fraction of sp³-hybridized carbons (Fsp3) is 0.778. The van der Waals surface area contributed by atoms with Gasteiger partial charge in [0.05, 0.1) is 11.0 Å². The van der Waals surface area contributed by atoms with Crippen LogP contribution in [0.1, 0.15) is 27.2 Å². The van der Waals surface area contributed by atoms with E-state index < -0.39 is 0 Å². The second-order valence-corrected chi connectivity index (χ2v) is 4.15. The first kappa shape index (κ1) is 13.3. The van der Waals surface area contributed by atoms with Crippen molar-refractivity contribution in [2.45, 2.75) is 39.3 Å². The molecule has 0 heterocycles. The van der Waals surface area contributed by atoms with Gasteiger partial charge in [-0.15, -0.1) is 0 Å². The lowest BCUT2D eigenvalue weighted by molar-refractivity contribution is -0.123. The number of carbonyl (C=O) groups excluding carboxylic acids is 1. The lowest BCUT2D eigenvalue weighted by Gasteiger charge is -2.30. The highest BCUT2D eigenvalue weighted by atomic mass is 32.1. The van der Waals surface area contributed by atoms with Gasteiger partial charge < -0.3 is 11.5 Å². The van der Waals surface area contributed by atoms with Crippen LogP contribution in [0.25, 0.3) is 0 Å². The monoisotopic (exact) mass is 217 g/mol. The molecule has 0 spiro atoms. The van der Waals surface area contributed by atoms with Crippen molar-refractivity contribution in [1.82, 2.24) is 4.90 Å². The van der Waals surface area contributed by atoms with Crippen LogP contribution >= 0.6 is 12.2 Å². The Hall–Kier alpha value is -0.680. The van der Waals surface area contributed by atoms with E-state index in [0.717, 1.165) is 0 Å². The van der Waals surface area contributed by atoms with Crippen LogP contribution in [0.5, 0.6) is 0 Å². The van der Waals surface area contributed by atoms with E-state index in [1.807, 2.05) is 18.7 Å². The highest BCUT2D eigenvalue weighted by molar-refractivity contribution is 7.80. The van der Waals surface area contributed by atoms with Crippen molar-refractivity contribution in [2.24, 2.45) is 11.5 Å². The molecule has 5 heteroatoms. The minimum Gasteiger partial charge on any atom is -0.393 e. The quantitative estimate of drug-likeness (QED) is 0.625. The third-order valence-corrected chi connectivity index (χ3v) is 2.39. The van der Waals surface area contributed by atoms with Gasteiger partial charge in [-0.3, -0.25) is 9.69 Å². The van der Waals surface area contributed by atoms with Gasteiger partial charge in [-0.2, -0.15) is 0 Å². The Bertz CT molecular complexity index is 218. The SMILES string of the molecule is CC(C)N(CCC(N)=S)C(C)C(N)=O. The van der Waals surface area contributed by atoms with Gasteiger partial charge in [-0.1, -0.05) is 12.2 Å². The number of rotatable bonds is 6. The molecule has 4 N–H and O–H groups in total. The minimum atomic E-state index is -0.318. The number of thiocarbonyl (C=S) groups is 1. The highest BCUT2D eigenvalue weighted by Gasteiger charge is 2.20. The molecule has 1 unspecified atom stereocenters. The molecular weight excluding hydrogens is 198 g/mol. The zero-order chi connectivity index (χ0) is 11.3. The van der Waals surface area contributed by atoms with Gasteiger partial charge in [0.2, 0.25) is 5.91 Å². The largest absolute Gasteiger partial charge is 0.393 e. The molecule has 0 aliphatic carbocycles. The molecular formula is C9H19N3OS. The number of nitrogens with two attached hydrogens (primary N) is 2. The minimum absolute atomic E-state index is 0.256. The van der Waals surface area contributed by atoms with E-state index in [1.54, 1.807) is 6.92 Å². The topological polar surface area (TPSA) is 72.3 Å². The number of hydrogen-bond acceptors (Lipinski definition) is 3. The summed E-state index contributed by atoms with van der Waals surface area (Å²) < 4.78 is 0. The molecule has 0 aliphatic rings. The smallest absolute Gasteiger partial charge is 0.234 e. The predicted octanol–water partition coefficient (Wildman–Crippen LogP) is 0.247. The number of amides is 1. The molecule has 0 fully saturated rings. The van der Waals surface area contributed by atoms with Crippen LogP contribution in [-0.2, 0) is 4.79 Å². The molecule has 0 aromatic rings. The Morgan fingerprint density at radius 2 is 1.86 bits per heavy atom. The van der Waals surface area contributed by atoms with E-state index >= 15 is 0 Å². The predicted molar refractivity (Wildman–Crippen MR) is 61.9 cm³/mol. The van der Waals surface area contributed by atoms with Crippen molar-refractivity contribution in [3.8, 4) is 0 Å². The zero-order valence-corrected chi connectivity index (χ0v) is 9.80. The summed E-state index contributed by atoms with van der Waals surface area (Å²) in [6, 6.07) is -0.0174. The summed E-state index contributed by atoms with van der Waals surface area (Å²) >= 11 is 4.79. The molecule has 14 heavy (non-hydrogen) atoms. The van der Waals surface area contributed by atoms with E-state index in [2.05, 4.69) is 0 Å². The Balaban J connectivity index is 4.29. The lowest BCUT2D eigenvalue weighted by Crippen LogP contribution is -2.47. The number of primary amides is 1. The summed E-state index contributed by atoms with van der Waals surface area (Å²) in [5.41, 5.74) is 10.6. The summed E-state index contributed by atoms with van der Waals surface area (Å²) in [6.45, 7) is 6.50. The first-order chi connectivity index (χ1) is 6.36. The Morgan fingerprint density at radius 1 is 1.36 bits per heavy atom. The van der Waals surface area contributed by atoms with Crippen molar-refractivity contribution in [3.05, 3.63) is 0 Å². The van der Waals surface area contributed by atoms with Crippen molar-refractivity contribution >= 4 is 23.1 Å². The fourth-order valence-corrected chi connectivity index (χ4v) is 1.39.